The van der Waals surface area contributed by atoms with E-state index in [0.29, 0.717) is 17.7 Å². The predicted molar refractivity (Wildman–Crippen MR) is 105 cm³/mol. The van der Waals surface area contributed by atoms with Gasteiger partial charge in [-0.05, 0) is 43.1 Å². The van der Waals surface area contributed by atoms with Crippen molar-refractivity contribution in [3.05, 3.63) is 71.4 Å². The Labute approximate surface area is 158 Å². The van der Waals surface area contributed by atoms with E-state index in [9.17, 15) is 10.1 Å². The van der Waals surface area contributed by atoms with Gasteiger partial charge in [0.2, 0.25) is 0 Å². The van der Waals surface area contributed by atoms with Crippen molar-refractivity contribution < 1.29 is 4.79 Å². The topological polar surface area (TPSA) is 68.7 Å². The van der Waals surface area contributed by atoms with Crippen LogP contribution < -0.4 is 5.32 Å². The fourth-order valence-corrected chi connectivity index (χ4v) is 3.82. The van der Waals surface area contributed by atoms with Gasteiger partial charge in [0, 0.05) is 29.2 Å². The third kappa shape index (κ3) is 3.12. The van der Waals surface area contributed by atoms with E-state index in [-0.39, 0.29) is 18.2 Å². The van der Waals surface area contributed by atoms with Gasteiger partial charge in [-0.1, -0.05) is 30.3 Å². The number of rotatable bonds is 4. The summed E-state index contributed by atoms with van der Waals surface area (Å²) in [6.45, 7) is 1.55. The first kappa shape index (κ1) is 18.2. The molecule has 4 rings (SSSR count). The summed E-state index contributed by atoms with van der Waals surface area (Å²) < 4.78 is 0. The molecule has 0 radical (unpaired) electrons. The second-order valence-electron chi connectivity index (χ2n) is 6.77. The molecule has 1 aliphatic heterocycles. The third-order valence-corrected chi connectivity index (χ3v) is 5.18. The lowest BCUT2D eigenvalue weighted by molar-refractivity contribution is 0.0816. The maximum Gasteiger partial charge on any atom is 0.170 e. The van der Waals surface area contributed by atoms with Gasteiger partial charge in [0.15, 0.2) is 5.78 Å². The molecule has 0 bridgehead atoms. The van der Waals surface area contributed by atoms with Crippen LogP contribution in [0.3, 0.4) is 0 Å². The summed E-state index contributed by atoms with van der Waals surface area (Å²) in [6.07, 6.45) is 3.25. The van der Waals surface area contributed by atoms with Crippen molar-refractivity contribution in [1.82, 2.24) is 10.3 Å². The van der Waals surface area contributed by atoms with Crippen LogP contribution >= 0.6 is 12.4 Å². The van der Waals surface area contributed by atoms with E-state index >= 15 is 0 Å². The number of carbonyl (C=O) groups is 1. The van der Waals surface area contributed by atoms with E-state index in [2.05, 4.69) is 28.5 Å². The Morgan fingerprint density at radius 1 is 1.19 bits per heavy atom. The summed E-state index contributed by atoms with van der Waals surface area (Å²) in [7, 11) is 0. The number of fused-ring (bicyclic) bond motifs is 1. The standard InChI is InChI=1S/C21H19N3O.ClH/c22-12-17-13-24-19-7-6-16(10-18(17)19)20(25)21(8-9-23-14-21)11-15-4-2-1-3-5-15;/h1-7,10,13,23-24H,8-9,11,14H2;1H. The number of nitrogens with zero attached hydrogens (tertiary/aromatic N) is 1. The summed E-state index contributed by atoms with van der Waals surface area (Å²) >= 11 is 0. The molecule has 0 spiro atoms. The van der Waals surface area contributed by atoms with Crippen LogP contribution in [0.25, 0.3) is 10.9 Å². The van der Waals surface area contributed by atoms with Gasteiger partial charge < -0.3 is 10.3 Å². The van der Waals surface area contributed by atoms with E-state index in [1.807, 2.05) is 36.4 Å². The van der Waals surface area contributed by atoms with Crippen LogP contribution in [0.4, 0.5) is 0 Å². The monoisotopic (exact) mass is 365 g/mol. The van der Waals surface area contributed by atoms with Crippen molar-refractivity contribution in [2.75, 3.05) is 13.1 Å². The Kier molecular flexibility index (Phi) is 5.13. The lowest BCUT2D eigenvalue weighted by Crippen LogP contribution is -2.35. The fourth-order valence-electron chi connectivity index (χ4n) is 3.82. The van der Waals surface area contributed by atoms with Crippen molar-refractivity contribution >= 4 is 29.1 Å². The van der Waals surface area contributed by atoms with Crippen molar-refractivity contribution in [1.29, 1.82) is 5.26 Å². The van der Waals surface area contributed by atoms with Crippen LogP contribution in [-0.4, -0.2) is 23.9 Å². The van der Waals surface area contributed by atoms with Crippen molar-refractivity contribution in [3.8, 4) is 6.07 Å². The summed E-state index contributed by atoms with van der Waals surface area (Å²) in [5.41, 5.74) is 2.90. The Bertz CT molecular complexity index is 966. The molecule has 2 heterocycles. The number of carbonyl (C=O) groups excluding carboxylic acids is 1. The normalized spacial score (nSPS) is 19.0. The van der Waals surface area contributed by atoms with Gasteiger partial charge in [0.25, 0.3) is 0 Å². The van der Waals surface area contributed by atoms with E-state index in [4.69, 9.17) is 0 Å². The molecule has 1 aliphatic rings. The van der Waals surface area contributed by atoms with E-state index in [0.717, 1.165) is 30.3 Å². The molecule has 3 aromatic rings. The molecule has 2 N–H and O–H groups in total. The van der Waals surface area contributed by atoms with Crippen LogP contribution in [0, 0.1) is 16.7 Å². The highest BCUT2D eigenvalue weighted by Gasteiger charge is 2.41. The lowest BCUT2D eigenvalue weighted by atomic mass is 9.74. The minimum Gasteiger partial charge on any atom is -0.360 e. The molecule has 1 fully saturated rings. The van der Waals surface area contributed by atoms with Gasteiger partial charge in [-0.3, -0.25) is 4.79 Å². The zero-order valence-electron chi connectivity index (χ0n) is 14.3. The van der Waals surface area contributed by atoms with Crippen LogP contribution in [0.2, 0.25) is 0 Å². The first-order valence-electron chi connectivity index (χ1n) is 8.53. The molecule has 132 valence electrons. The summed E-state index contributed by atoms with van der Waals surface area (Å²) in [6, 6.07) is 18.0. The number of benzene rings is 2. The number of hydrogen-bond donors (Lipinski definition) is 2. The largest absolute Gasteiger partial charge is 0.360 e. The Hall–Kier alpha value is -2.61. The Balaban J connectivity index is 0.00000196. The second kappa shape index (κ2) is 7.33. The van der Waals surface area contributed by atoms with Crippen molar-refractivity contribution in [2.24, 2.45) is 5.41 Å². The smallest absolute Gasteiger partial charge is 0.170 e. The highest BCUT2D eigenvalue weighted by molar-refractivity contribution is 6.04. The van der Waals surface area contributed by atoms with Crippen LogP contribution in [-0.2, 0) is 6.42 Å². The minimum atomic E-state index is -0.419. The highest BCUT2D eigenvalue weighted by Crippen LogP contribution is 2.35. The Morgan fingerprint density at radius 2 is 2.00 bits per heavy atom. The molecule has 1 unspecified atom stereocenters. The summed E-state index contributed by atoms with van der Waals surface area (Å²) in [4.78, 5) is 16.5. The zero-order chi connectivity index (χ0) is 17.3. The fraction of sp³-hybridized carbons (Fsp3) is 0.238. The van der Waals surface area contributed by atoms with Crippen LogP contribution in [0.5, 0.6) is 0 Å². The number of ketones is 1. The third-order valence-electron chi connectivity index (χ3n) is 5.18. The molecule has 4 nitrogen and oxygen atoms in total. The van der Waals surface area contributed by atoms with Crippen molar-refractivity contribution in [2.45, 2.75) is 12.8 Å². The average molecular weight is 366 g/mol. The quantitative estimate of drug-likeness (QED) is 0.689. The number of nitrogens with one attached hydrogen (secondary N) is 2. The molecule has 1 aromatic heterocycles. The molecule has 0 aliphatic carbocycles. The maximum absolute atomic E-state index is 13.4. The predicted octanol–water partition coefficient (Wildman–Crippen LogP) is 3.87. The van der Waals surface area contributed by atoms with Gasteiger partial charge in [-0.15, -0.1) is 12.4 Å². The average Bonchev–Trinajstić information content (AvgIpc) is 3.28. The van der Waals surface area contributed by atoms with Gasteiger partial charge in [0.05, 0.1) is 11.0 Å². The summed E-state index contributed by atoms with van der Waals surface area (Å²) in [5.74, 6) is 0.161. The van der Waals surface area contributed by atoms with E-state index < -0.39 is 5.41 Å². The number of aromatic nitrogens is 1. The molecular formula is C21H20ClN3O. The number of H-pyrrole nitrogens is 1. The van der Waals surface area contributed by atoms with Gasteiger partial charge in [-0.25, -0.2) is 0 Å². The molecule has 0 saturated carbocycles. The maximum atomic E-state index is 13.4. The Morgan fingerprint density at radius 3 is 2.69 bits per heavy atom. The minimum absolute atomic E-state index is 0. The van der Waals surface area contributed by atoms with Crippen LogP contribution in [0.15, 0.2) is 54.7 Å². The number of hydrogen-bond acceptors (Lipinski definition) is 3. The van der Waals surface area contributed by atoms with E-state index in [1.165, 1.54) is 5.56 Å². The summed E-state index contributed by atoms with van der Waals surface area (Å²) in [5, 5.41) is 13.4. The SMILES string of the molecule is Cl.N#Cc1c[nH]c2ccc(C(=O)C3(Cc4ccccc4)CCNC3)cc12. The second-order valence-corrected chi connectivity index (χ2v) is 6.77. The molecule has 2 aromatic carbocycles. The number of halogens is 1. The first-order chi connectivity index (χ1) is 12.2. The highest BCUT2D eigenvalue weighted by atomic mass is 35.5. The first-order valence-corrected chi connectivity index (χ1v) is 8.53. The van der Waals surface area contributed by atoms with Crippen molar-refractivity contribution in [3.63, 3.8) is 0 Å². The molecule has 5 heteroatoms. The van der Waals surface area contributed by atoms with Crippen LogP contribution in [0.1, 0.15) is 27.9 Å². The lowest BCUT2D eigenvalue weighted by Gasteiger charge is -2.27. The molecule has 0 amide bonds. The van der Waals surface area contributed by atoms with Gasteiger partial charge >= 0.3 is 0 Å². The molecule has 1 atom stereocenters. The molecular weight excluding hydrogens is 346 g/mol. The zero-order valence-corrected chi connectivity index (χ0v) is 15.1. The van der Waals surface area contributed by atoms with Gasteiger partial charge in [0.1, 0.15) is 6.07 Å². The number of nitriles is 1. The van der Waals surface area contributed by atoms with E-state index in [1.54, 1.807) is 6.20 Å². The number of aromatic amines is 1. The molecule has 1 saturated heterocycles. The number of Topliss-reactive ketones (excluding diaryl/α,β-unsaturated/α-hetero) is 1. The molecule has 26 heavy (non-hydrogen) atoms. The van der Waals surface area contributed by atoms with Gasteiger partial charge in [-0.2, -0.15) is 5.26 Å².